The van der Waals surface area contributed by atoms with Crippen molar-refractivity contribution in [2.75, 3.05) is 6.67 Å². The first-order valence-corrected chi connectivity index (χ1v) is 7.77. The van der Waals surface area contributed by atoms with Gasteiger partial charge in [-0.25, -0.2) is 18.7 Å². The highest BCUT2D eigenvalue weighted by molar-refractivity contribution is 5.84. The summed E-state index contributed by atoms with van der Waals surface area (Å²) in [5.74, 6) is -2.41. The maximum absolute atomic E-state index is 12.2. The molecule has 1 heterocycles. The molecule has 0 radical (unpaired) electrons. The van der Waals surface area contributed by atoms with E-state index in [0.29, 0.717) is 12.0 Å². The Hall–Kier alpha value is -3.05. The second-order valence-electron chi connectivity index (χ2n) is 5.38. The minimum Gasteiger partial charge on any atom is -0.481 e. The number of aldehydes is 1. The first kappa shape index (κ1) is 21.0. The molecule has 0 saturated carbocycles. The van der Waals surface area contributed by atoms with Gasteiger partial charge < -0.3 is 25.6 Å². The van der Waals surface area contributed by atoms with E-state index < -0.39 is 36.7 Å². The predicted molar refractivity (Wildman–Crippen MR) is 84.1 cm³/mol. The maximum atomic E-state index is 12.2. The van der Waals surface area contributed by atoms with Gasteiger partial charge in [0.25, 0.3) is 0 Å². The second-order valence-corrected chi connectivity index (χ2v) is 5.38. The molecule has 1 aromatic rings. The zero-order chi connectivity index (χ0) is 19.5. The maximum Gasteiger partial charge on any atom is 0.326 e. The molecule has 0 spiro atoms. The highest BCUT2D eigenvalue weighted by atomic mass is 19.1. The Morgan fingerprint density at radius 2 is 2.00 bits per heavy atom. The van der Waals surface area contributed by atoms with Crippen molar-refractivity contribution in [2.24, 2.45) is 0 Å². The van der Waals surface area contributed by atoms with Crippen LogP contribution in [0.25, 0.3) is 0 Å². The quantitative estimate of drug-likeness (QED) is 0.352. The normalized spacial score (nSPS) is 12.8. The summed E-state index contributed by atoms with van der Waals surface area (Å²) in [4.78, 5) is 44.4. The number of hydrogen-bond acceptors (Lipinski definition) is 6. The van der Waals surface area contributed by atoms with Crippen LogP contribution in [0.2, 0.25) is 0 Å². The fourth-order valence-corrected chi connectivity index (χ4v) is 2.02. The average molecular weight is 373 g/mol. The number of urea groups is 1. The van der Waals surface area contributed by atoms with Crippen LogP contribution in [0.1, 0.15) is 25.0 Å². The number of carboxylic acids is 2. The van der Waals surface area contributed by atoms with Crippen LogP contribution in [-0.2, 0) is 27.3 Å². The summed E-state index contributed by atoms with van der Waals surface area (Å²) in [7, 11) is 0. The lowest BCUT2D eigenvalue weighted by molar-refractivity contribution is -0.139. The summed E-state index contributed by atoms with van der Waals surface area (Å²) >= 11 is 0. The van der Waals surface area contributed by atoms with Crippen molar-refractivity contribution < 1.29 is 33.8 Å². The van der Waals surface area contributed by atoms with Crippen LogP contribution in [0.3, 0.4) is 0 Å². The summed E-state index contributed by atoms with van der Waals surface area (Å²) in [6.07, 6.45) is 1.61. The van der Waals surface area contributed by atoms with Crippen LogP contribution in [0.5, 0.6) is 0 Å². The van der Waals surface area contributed by atoms with Crippen LogP contribution >= 0.6 is 0 Å². The summed E-state index contributed by atoms with van der Waals surface area (Å²) < 4.78 is 13.5. The SMILES string of the molecule is O=C[C@H](CCC(=O)O)NC(=O)N[C@@H](CCc1cn(CCF)nn1)C(=O)O. The Morgan fingerprint density at radius 1 is 1.27 bits per heavy atom. The number of carbonyl (C=O) groups excluding carboxylic acids is 2. The van der Waals surface area contributed by atoms with E-state index in [0.717, 1.165) is 0 Å². The van der Waals surface area contributed by atoms with Gasteiger partial charge in [-0.05, 0) is 19.3 Å². The number of nitrogens with zero attached hydrogens (tertiary/aromatic N) is 3. The number of hydrogen-bond donors (Lipinski definition) is 4. The van der Waals surface area contributed by atoms with Crippen molar-refractivity contribution in [3.63, 3.8) is 0 Å². The smallest absolute Gasteiger partial charge is 0.326 e. The van der Waals surface area contributed by atoms with Crippen LogP contribution in [0.15, 0.2) is 6.20 Å². The summed E-state index contributed by atoms with van der Waals surface area (Å²) in [6, 6.07) is -3.20. The van der Waals surface area contributed by atoms with Gasteiger partial charge in [-0.15, -0.1) is 5.10 Å². The third-order valence-electron chi connectivity index (χ3n) is 3.34. The first-order chi connectivity index (χ1) is 12.3. The van der Waals surface area contributed by atoms with Crippen LogP contribution in [0, 0.1) is 0 Å². The molecule has 0 aliphatic rings. The third-order valence-corrected chi connectivity index (χ3v) is 3.34. The third kappa shape index (κ3) is 7.68. The standard InChI is InChI=1S/C14H20FN5O6/c15-5-6-20-7-9(18-19-20)1-3-11(13(24)25)17-14(26)16-10(8-21)2-4-12(22)23/h7-8,10-11H,1-6H2,(H,22,23)(H,24,25)(H2,16,17,26)/t10-,11-/m0/s1. The van der Waals surface area contributed by atoms with Crippen LogP contribution in [-0.4, -0.2) is 68.2 Å². The van der Waals surface area contributed by atoms with Gasteiger partial charge in [0.15, 0.2) is 0 Å². The van der Waals surface area contributed by atoms with Gasteiger partial charge >= 0.3 is 18.0 Å². The lowest BCUT2D eigenvalue weighted by Crippen LogP contribution is -2.49. The van der Waals surface area contributed by atoms with E-state index in [9.17, 15) is 28.7 Å². The Morgan fingerprint density at radius 3 is 2.58 bits per heavy atom. The molecule has 0 aliphatic carbocycles. The first-order valence-electron chi connectivity index (χ1n) is 7.77. The van der Waals surface area contributed by atoms with Crippen molar-refractivity contribution >= 4 is 24.3 Å². The van der Waals surface area contributed by atoms with Crippen molar-refractivity contribution in [3.05, 3.63) is 11.9 Å². The number of rotatable bonds is 12. The van der Waals surface area contributed by atoms with Crippen molar-refractivity contribution in [1.29, 1.82) is 0 Å². The molecule has 0 saturated heterocycles. The van der Waals surface area contributed by atoms with Gasteiger partial charge in [-0.3, -0.25) is 4.79 Å². The van der Waals surface area contributed by atoms with E-state index in [2.05, 4.69) is 20.9 Å². The molecule has 11 nitrogen and oxygen atoms in total. The number of carboxylic acid groups (broad SMARTS) is 2. The average Bonchev–Trinajstić information content (AvgIpc) is 3.02. The molecule has 0 fully saturated rings. The number of aliphatic carboxylic acids is 2. The zero-order valence-corrected chi connectivity index (χ0v) is 13.8. The molecule has 2 amide bonds. The van der Waals surface area contributed by atoms with Crippen LogP contribution < -0.4 is 10.6 Å². The summed E-state index contributed by atoms with van der Waals surface area (Å²) in [5.41, 5.74) is 0.444. The molecule has 0 aliphatic heterocycles. The highest BCUT2D eigenvalue weighted by Crippen LogP contribution is 2.03. The Balaban J connectivity index is 2.52. The number of aryl methyl sites for hydroxylation is 2. The van der Waals surface area contributed by atoms with Gasteiger partial charge in [0.05, 0.1) is 18.3 Å². The van der Waals surface area contributed by atoms with E-state index in [1.807, 2.05) is 0 Å². The molecular weight excluding hydrogens is 353 g/mol. The van der Waals surface area contributed by atoms with Gasteiger partial charge in [0.1, 0.15) is 19.0 Å². The number of alkyl halides is 1. The molecule has 0 bridgehead atoms. The van der Waals surface area contributed by atoms with E-state index in [1.165, 1.54) is 10.9 Å². The number of carbonyl (C=O) groups is 4. The Kier molecular flexibility index (Phi) is 8.67. The highest BCUT2D eigenvalue weighted by Gasteiger charge is 2.22. The Bertz CT molecular complexity index is 637. The number of nitrogens with one attached hydrogen (secondary N) is 2. The van der Waals surface area contributed by atoms with Crippen molar-refractivity contribution in [1.82, 2.24) is 25.6 Å². The second kappa shape index (κ2) is 10.7. The number of amides is 2. The molecular formula is C14H20FN5O6. The largest absolute Gasteiger partial charge is 0.481 e. The molecule has 1 aromatic heterocycles. The molecule has 144 valence electrons. The lowest BCUT2D eigenvalue weighted by atomic mass is 10.1. The molecule has 26 heavy (non-hydrogen) atoms. The van der Waals surface area contributed by atoms with E-state index in [-0.39, 0.29) is 32.2 Å². The van der Waals surface area contributed by atoms with Gasteiger partial charge in [-0.1, -0.05) is 5.21 Å². The predicted octanol–water partition coefficient (Wildman–Crippen LogP) is -0.635. The van der Waals surface area contributed by atoms with Crippen molar-refractivity contribution in [3.8, 4) is 0 Å². The topological polar surface area (TPSA) is 164 Å². The number of aromatic nitrogens is 3. The zero-order valence-electron chi connectivity index (χ0n) is 13.8. The monoisotopic (exact) mass is 373 g/mol. The molecule has 12 heteroatoms. The molecule has 2 atom stereocenters. The molecule has 0 unspecified atom stereocenters. The lowest BCUT2D eigenvalue weighted by Gasteiger charge is -2.17. The van der Waals surface area contributed by atoms with Crippen molar-refractivity contribution in [2.45, 2.75) is 44.3 Å². The summed E-state index contributed by atoms with van der Waals surface area (Å²) in [6.45, 7) is -0.568. The minimum absolute atomic E-state index is 0.00203. The fourth-order valence-electron chi connectivity index (χ4n) is 2.02. The molecule has 1 rings (SSSR count). The molecule has 4 N–H and O–H groups in total. The summed E-state index contributed by atoms with van der Waals surface area (Å²) in [5, 5.41) is 29.6. The van der Waals surface area contributed by atoms with E-state index in [4.69, 9.17) is 5.11 Å². The van der Waals surface area contributed by atoms with E-state index in [1.54, 1.807) is 0 Å². The molecule has 0 aromatic carbocycles. The van der Waals surface area contributed by atoms with Gasteiger partial charge in [-0.2, -0.15) is 0 Å². The van der Waals surface area contributed by atoms with Gasteiger partial charge in [0, 0.05) is 12.6 Å². The van der Waals surface area contributed by atoms with Gasteiger partial charge in [0.2, 0.25) is 0 Å². The van der Waals surface area contributed by atoms with E-state index >= 15 is 0 Å². The van der Waals surface area contributed by atoms with Crippen LogP contribution in [0.4, 0.5) is 9.18 Å². The minimum atomic E-state index is -1.29. The Labute approximate surface area is 147 Å². The fraction of sp³-hybridized carbons (Fsp3) is 0.571. The number of halogens is 1.